The zero-order valence-corrected chi connectivity index (χ0v) is 13.1. The van der Waals surface area contributed by atoms with Gasteiger partial charge < -0.3 is 0 Å². The van der Waals surface area contributed by atoms with Crippen LogP contribution in [0.1, 0.15) is 24.1 Å². The largest absolute Gasteiger partial charge is 0.236 e. The van der Waals surface area contributed by atoms with Crippen LogP contribution in [0.25, 0.3) is 16.7 Å². The molecule has 0 aromatic carbocycles. The number of allylic oxidation sites excluding steroid dienone is 4. The SMILES string of the molecule is Cc1cc2ncc3cc(C4C=CC=CC4C)c(Cl)nc3n2n1. The molecule has 0 fully saturated rings. The monoisotopic (exact) mass is 310 g/mol. The van der Waals surface area contributed by atoms with Crippen molar-refractivity contribution in [1.82, 2.24) is 19.6 Å². The van der Waals surface area contributed by atoms with Crippen LogP contribution in [0, 0.1) is 12.8 Å². The van der Waals surface area contributed by atoms with Crippen LogP contribution in [0.15, 0.2) is 42.6 Å². The van der Waals surface area contributed by atoms with E-state index in [0.29, 0.717) is 11.1 Å². The van der Waals surface area contributed by atoms with Crippen LogP contribution in [-0.2, 0) is 0 Å². The summed E-state index contributed by atoms with van der Waals surface area (Å²) in [7, 11) is 0. The number of rotatable bonds is 1. The second-order valence-corrected chi connectivity index (χ2v) is 6.11. The summed E-state index contributed by atoms with van der Waals surface area (Å²) in [5.41, 5.74) is 3.48. The number of hydrogen-bond acceptors (Lipinski definition) is 3. The number of aromatic nitrogens is 4. The minimum absolute atomic E-state index is 0.240. The lowest BCUT2D eigenvalue weighted by molar-refractivity contribution is 0.634. The third-order valence-electron chi connectivity index (χ3n) is 4.13. The fourth-order valence-electron chi connectivity index (χ4n) is 2.99. The van der Waals surface area contributed by atoms with Gasteiger partial charge in [0.05, 0.1) is 5.69 Å². The van der Waals surface area contributed by atoms with Gasteiger partial charge in [-0.05, 0) is 24.5 Å². The van der Waals surface area contributed by atoms with E-state index in [1.54, 1.807) is 4.52 Å². The molecule has 4 nitrogen and oxygen atoms in total. The Labute approximate surface area is 133 Å². The first-order valence-electron chi connectivity index (χ1n) is 7.30. The fraction of sp³-hybridized carbons (Fsp3) is 0.235. The lowest BCUT2D eigenvalue weighted by atomic mass is 9.85. The van der Waals surface area contributed by atoms with E-state index < -0.39 is 0 Å². The molecular formula is C17H15ClN4. The Balaban J connectivity index is 1.95. The van der Waals surface area contributed by atoms with Gasteiger partial charge in [-0.1, -0.05) is 42.8 Å². The molecule has 2 atom stereocenters. The average molecular weight is 311 g/mol. The highest BCUT2D eigenvalue weighted by Gasteiger charge is 2.21. The van der Waals surface area contributed by atoms with Gasteiger partial charge in [0.2, 0.25) is 0 Å². The number of pyridine rings is 1. The molecule has 1 aliphatic rings. The standard InChI is InChI=1S/C17H15ClN4/c1-10-5-3-4-6-13(10)14-8-12-9-19-15-7-11(2)21-22(15)17(12)20-16(14)18/h3-10,13H,1-2H3. The molecule has 1 aliphatic carbocycles. The van der Waals surface area contributed by atoms with Crippen molar-refractivity contribution in [3.8, 4) is 0 Å². The molecule has 2 unspecified atom stereocenters. The van der Waals surface area contributed by atoms with Gasteiger partial charge in [0.15, 0.2) is 11.3 Å². The first-order chi connectivity index (χ1) is 10.6. The smallest absolute Gasteiger partial charge is 0.166 e. The van der Waals surface area contributed by atoms with Crippen molar-refractivity contribution in [2.75, 3.05) is 0 Å². The van der Waals surface area contributed by atoms with E-state index in [1.165, 1.54) is 0 Å². The average Bonchev–Trinajstić information content (AvgIpc) is 2.88. The van der Waals surface area contributed by atoms with Gasteiger partial charge in [-0.15, -0.1) is 0 Å². The minimum atomic E-state index is 0.240. The molecule has 3 heterocycles. The van der Waals surface area contributed by atoms with Gasteiger partial charge in [0, 0.05) is 23.6 Å². The van der Waals surface area contributed by atoms with Crippen molar-refractivity contribution in [3.63, 3.8) is 0 Å². The molecule has 0 N–H and O–H groups in total. The summed E-state index contributed by atoms with van der Waals surface area (Å²) >= 11 is 6.48. The van der Waals surface area contributed by atoms with Crippen LogP contribution < -0.4 is 0 Å². The summed E-state index contributed by atoms with van der Waals surface area (Å²) < 4.78 is 1.75. The molecular weight excluding hydrogens is 296 g/mol. The maximum Gasteiger partial charge on any atom is 0.166 e. The molecule has 4 rings (SSSR count). The van der Waals surface area contributed by atoms with Crippen molar-refractivity contribution in [2.24, 2.45) is 5.92 Å². The lowest BCUT2D eigenvalue weighted by Crippen LogP contribution is -2.09. The molecule has 0 saturated carbocycles. The predicted octanol–water partition coefficient (Wildman–Crippen LogP) is 4.09. The Hall–Kier alpha value is -2.20. The van der Waals surface area contributed by atoms with Gasteiger partial charge >= 0.3 is 0 Å². The molecule has 0 spiro atoms. The highest BCUT2D eigenvalue weighted by atomic mass is 35.5. The van der Waals surface area contributed by atoms with Crippen LogP contribution in [-0.4, -0.2) is 19.6 Å². The number of fused-ring (bicyclic) bond motifs is 3. The molecule has 0 radical (unpaired) electrons. The normalized spacial score (nSPS) is 21.0. The van der Waals surface area contributed by atoms with Crippen molar-refractivity contribution in [1.29, 1.82) is 0 Å². The molecule has 0 saturated heterocycles. The zero-order chi connectivity index (χ0) is 15.3. The van der Waals surface area contributed by atoms with Crippen LogP contribution in [0.2, 0.25) is 5.15 Å². The second-order valence-electron chi connectivity index (χ2n) is 5.75. The van der Waals surface area contributed by atoms with Crippen molar-refractivity contribution in [3.05, 3.63) is 59.0 Å². The van der Waals surface area contributed by atoms with Crippen LogP contribution in [0.3, 0.4) is 0 Å². The van der Waals surface area contributed by atoms with Crippen LogP contribution in [0.4, 0.5) is 0 Å². The molecule has 3 aromatic rings. The van der Waals surface area contributed by atoms with Gasteiger partial charge in [0.1, 0.15) is 5.15 Å². The highest BCUT2D eigenvalue weighted by molar-refractivity contribution is 6.30. The van der Waals surface area contributed by atoms with E-state index in [4.69, 9.17) is 11.6 Å². The summed E-state index contributed by atoms with van der Waals surface area (Å²) in [5, 5.41) is 5.93. The summed E-state index contributed by atoms with van der Waals surface area (Å²) in [6.07, 6.45) is 10.3. The Morgan fingerprint density at radius 3 is 2.82 bits per heavy atom. The molecule has 0 amide bonds. The summed E-state index contributed by atoms with van der Waals surface area (Å²) in [4.78, 5) is 9.05. The maximum atomic E-state index is 6.48. The molecule has 0 bridgehead atoms. The third kappa shape index (κ3) is 2.03. The summed E-state index contributed by atoms with van der Waals surface area (Å²) in [6, 6.07) is 4.01. The first kappa shape index (κ1) is 13.5. The number of nitrogens with zero attached hydrogens (tertiary/aromatic N) is 4. The third-order valence-corrected chi connectivity index (χ3v) is 4.43. The number of halogens is 1. The van der Waals surface area contributed by atoms with E-state index in [9.17, 15) is 0 Å². The first-order valence-corrected chi connectivity index (χ1v) is 7.68. The molecule has 5 heteroatoms. The minimum Gasteiger partial charge on any atom is -0.236 e. The van der Waals surface area contributed by atoms with E-state index in [2.05, 4.69) is 52.4 Å². The number of hydrogen-bond donors (Lipinski definition) is 0. The molecule has 22 heavy (non-hydrogen) atoms. The fourth-order valence-corrected chi connectivity index (χ4v) is 3.25. The quantitative estimate of drug-likeness (QED) is 0.636. The van der Waals surface area contributed by atoms with E-state index in [0.717, 1.165) is 27.9 Å². The Morgan fingerprint density at radius 1 is 1.18 bits per heavy atom. The van der Waals surface area contributed by atoms with Crippen LogP contribution >= 0.6 is 11.6 Å². The second kappa shape index (κ2) is 4.92. The van der Waals surface area contributed by atoms with Crippen molar-refractivity contribution >= 4 is 28.3 Å². The molecule has 110 valence electrons. The predicted molar refractivity (Wildman–Crippen MR) is 88.2 cm³/mol. The Morgan fingerprint density at radius 2 is 2.00 bits per heavy atom. The van der Waals surface area contributed by atoms with E-state index in [-0.39, 0.29) is 5.92 Å². The zero-order valence-electron chi connectivity index (χ0n) is 12.4. The summed E-state index contributed by atoms with van der Waals surface area (Å²) in [5.74, 6) is 0.634. The van der Waals surface area contributed by atoms with Crippen molar-refractivity contribution < 1.29 is 0 Å². The molecule has 0 aliphatic heterocycles. The van der Waals surface area contributed by atoms with E-state index >= 15 is 0 Å². The van der Waals surface area contributed by atoms with Crippen LogP contribution in [0.5, 0.6) is 0 Å². The van der Waals surface area contributed by atoms with E-state index in [1.807, 2.05) is 19.2 Å². The summed E-state index contributed by atoms with van der Waals surface area (Å²) in [6.45, 7) is 4.13. The number of aryl methyl sites for hydroxylation is 1. The Bertz CT molecular complexity index is 939. The van der Waals surface area contributed by atoms with Gasteiger partial charge in [0.25, 0.3) is 0 Å². The van der Waals surface area contributed by atoms with Gasteiger partial charge in [-0.25, -0.2) is 9.97 Å². The van der Waals surface area contributed by atoms with Crippen molar-refractivity contribution in [2.45, 2.75) is 19.8 Å². The molecule has 3 aromatic heterocycles. The maximum absolute atomic E-state index is 6.48. The lowest BCUT2D eigenvalue weighted by Gasteiger charge is -2.21. The van der Waals surface area contributed by atoms with Gasteiger partial charge in [-0.2, -0.15) is 9.61 Å². The van der Waals surface area contributed by atoms with Gasteiger partial charge in [-0.3, -0.25) is 0 Å². The highest BCUT2D eigenvalue weighted by Crippen LogP contribution is 2.35. The Kier molecular flexibility index (Phi) is 3.01. The topological polar surface area (TPSA) is 43.1 Å².